The van der Waals surface area contributed by atoms with E-state index in [4.69, 9.17) is 0 Å². The molecule has 1 aromatic rings. The standard InChI is InChI=1S/C16H23N3O/c1-16(2)7-6-13(15(16)20)18-9-11-19(12-10-18)14-5-3-4-8-17-14/h3-5,8,13H,6-7,9-12H2,1-2H3. The first-order valence-electron chi connectivity index (χ1n) is 7.52. The number of rotatable bonds is 2. The predicted octanol–water partition coefficient (Wildman–Crippen LogP) is 1.96. The minimum absolute atomic E-state index is 0.122. The zero-order valence-electron chi connectivity index (χ0n) is 12.4. The third-order valence-electron chi connectivity index (χ3n) is 4.74. The summed E-state index contributed by atoms with van der Waals surface area (Å²) >= 11 is 0. The quantitative estimate of drug-likeness (QED) is 0.825. The Kier molecular flexibility index (Phi) is 3.50. The lowest BCUT2D eigenvalue weighted by Crippen LogP contribution is -2.52. The van der Waals surface area contributed by atoms with Crippen LogP contribution < -0.4 is 4.90 Å². The van der Waals surface area contributed by atoms with Gasteiger partial charge in [-0.3, -0.25) is 9.69 Å². The third kappa shape index (κ3) is 2.44. The number of Topliss-reactive ketones (excluding diaryl/α,β-unsaturated/α-hetero) is 1. The second-order valence-corrected chi connectivity index (χ2v) is 6.51. The van der Waals surface area contributed by atoms with Crippen molar-refractivity contribution in [3.8, 4) is 0 Å². The average molecular weight is 273 g/mol. The van der Waals surface area contributed by atoms with Gasteiger partial charge in [-0.1, -0.05) is 19.9 Å². The topological polar surface area (TPSA) is 36.4 Å². The maximum absolute atomic E-state index is 12.4. The van der Waals surface area contributed by atoms with E-state index >= 15 is 0 Å². The summed E-state index contributed by atoms with van der Waals surface area (Å²) in [6.07, 6.45) is 3.89. The van der Waals surface area contributed by atoms with Gasteiger partial charge in [0.05, 0.1) is 6.04 Å². The van der Waals surface area contributed by atoms with Gasteiger partial charge in [0.15, 0.2) is 5.78 Å². The summed E-state index contributed by atoms with van der Waals surface area (Å²) in [5.41, 5.74) is -0.122. The fourth-order valence-electron chi connectivity index (χ4n) is 3.35. The molecule has 3 rings (SSSR count). The summed E-state index contributed by atoms with van der Waals surface area (Å²) in [6.45, 7) is 8.01. The Labute approximate surface area is 120 Å². The molecule has 0 amide bonds. The summed E-state index contributed by atoms with van der Waals surface area (Å²) in [7, 11) is 0. The maximum Gasteiger partial charge on any atom is 0.155 e. The monoisotopic (exact) mass is 273 g/mol. The molecule has 1 saturated carbocycles. The van der Waals surface area contributed by atoms with Crippen molar-refractivity contribution in [2.45, 2.75) is 32.7 Å². The molecule has 2 heterocycles. The highest BCUT2D eigenvalue weighted by Crippen LogP contribution is 2.36. The number of nitrogens with zero attached hydrogens (tertiary/aromatic N) is 3. The lowest BCUT2D eigenvalue weighted by Gasteiger charge is -2.38. The van der Waals surface area contributed by atoms with Crippen molar-refractivity contribution in [3.63, 3.8) is 0 Å². The average Bonchev–Trinajstić information content (AvgIpc) is 2.75. The summed E-state index contributed by atoms with van der Waals surface area (Å²) in [6, 6.07) is 6.17. The van der Waals surface area contributed by atoms with Gasteiger partial charge in [-0.2, -0.15) is 0 Å². The summed E-state index contributed by atoms with van der Waals surface area (Å²) in [5, 5.41) is 0. The third-order valence-corrected chi connectivity index (χ3v) is 4.74. The predicted molar refractivity (Wildman–Crippen MR) is 79.8 cm³/mol. The van der Waals surface area contributed by atoms with E-state index in [1.807, 2.05) is 18.3 Å². The SMILES string of the molecule is CC1(C)CCC(N2CCN(c3ccccn3)CC2)C1=O. The minimum Gasteiger partial charge on any atom is -0.354 e. The molecule has 0 radical (unpaired) electrons. The Bertz CT molecular complexity index is 478. The van der Waals surface area contributed by atoms with Crippen molar-refractivity contribution in [1.82, 2.24) is 9.88 Å². The summed E-state index contributed by atoms with van der Waals surface area (Å²) in [4.78, 5) is 21.5. The molecule has 108 valence electrons. The highest BCUT2D eigenvalue weighted by atomic mass is 16.1. The van der Waals surface area contributed by atoms with Crippen molar-refractivity contribution in [2.24, 2.45) is 5.41 Å². The zero-order chi connectivity index (χ0) is 14.2. The molecule has 2 aliphatic rings. The van der Waals surface area contributed by atoms with Crippen LogP contribution in [0.4, 0.5) is 5.82 Å². The molecule has 1 aliphatic carbocycles. The number of carbonyl (C=O) groups is 1. The number of anilines is 1. The Morgan fingerprint density at radius 2 is 1.95 bits per heavy atom. The van der Waals surface area contributed by atoms with E-state index < -0.39 is 0 Å². The first-order chi connectivity index (χ1) is 9.58. The van der Waals surface area contributed by atoms with Crippen molar-refractivity contribution < 1.29 is 4.79 Å². The van der Waals surface area contributed by atoms with Crippen LogP contribution in [0.2, 0.25) is 0 Å². The molecule has 0 N–H and O–H groups in total. The minimum atomic E-state index is -0.122. The van der Waals surface area contributed by atoms with E-state index in [0.717, 1.165) is 44.8 Å². The maximum atomic E-state index is 12.4. The van der Waals surface area contributed by atoms with Gasteiger partial charge in [-0.15, -0.1) is 0 Å². The van der Waals surface area contributed by atoms with Crippen LogP contribution in [0.25, 0.3) is 0 Å². The Morgan fingerprint density at radius 1 is 1.20 bits per heavy atom. The number of piperazine rings is 1. The molecule has 1 aromatic heterocycles. The van der Waals surface area contributed by atoms with Crippen LogP contribution in [0.3, 0.4) is 0 Å². The zero-order valence-corrected chi connectivity index (χ0v) is 12.4. The molecule has 4 heteroatoms. The molecule has 0 bridgehead atoms. The van der Waals surface area contributed by atoms with E-state index in [9.17, 15) is 4.79 Å². The number of hydrogen-bond acceptors (Lipinski definition) is 4. The molecule has 1 saturated heterocycles. The van der Waals surface area contributed by atoms with E-state index in [1.54, 1.807) is 0 Å². The molecule has 4 nitrogen and oxygen atoms in total. The normalized spacial score (nSPS) is 27.0. The fourth-order valence-corrected chi connectivity index (χ4v) is 3.35. The second kappa shape index (κ2) is 5.17. The first-order valence-corrected chi connectivity index (χ1v) is 7.52. The van der Waals surface area contributed by atoms with Gasteiger partial charge in [0, 0.05) is 37.8 Å². The number of pyridine rings is 1. The molecule has 0 aromatic carbocycles. The van der Waals surface area contributed by atoms with E-state index in [2.05, 4.69) is 34.7 Å². The molecular weight excluding hydrogens is 250 g/mol. The van der Waals surface area contributed by atoms with E-state index in [-0.39, 0.29) is 11.5 Å². The largest absolute Gasteiger partial charge is 0.354 e. The number of ketones is 1. The number of aromatic nitrogens is 1. The summed E-state index contributed by atoms with van der Waals surface area (Å²) < 4.78 is 0. The van der Waals surface area contributed by atoms with Gasteiger partial charge in [0.25, 0.3) is 0 Å². The van der Waals surface area contributed by atoms with Crippen LogP contribution in [0.15, 0.2) is 24.4 Å². The summed E-state index contributed by atoms with van der Waals surface area (Å²) in [5.74, 6) is 1.48. The lowest BCUT2D eigenvalue weighted by atomic mass is 9.90. The van der Waals surface area contributed by atoms with Crippen LogP contribution in [-0.2, 0) is 4.79 Å². The van der Waals surface area contributed by atoms with Crippen molar-refractivity contribution in [1.29, 1.82) is 0 Å². The smallest absolute Gasteiger partial charge is 0.155 e. The van der Waals surface area contributed by atoms with Crippen LogP contribution in [-0.4, -0.2) is 47.9 Å². The van der Waals surface area contributed by atoms with E-state index in [0.29, 0.717) is 5.78 Å². The van der Waals surface area contributed by atoms with Crippen LogP contribution in [0.5, 0.6) is 0 Å². The van der Waals surface area contributed by atoms with Crippen molar-refractivity contribution in [3.05, 3.63) is 24.4 Å². The molecule has 1 atom stereocenters. The fraction of sp³-hybridized carbons (Fsp3) is 0.625. The van der Waals surface area contributed by atoms with Crippen LogP contribution in [0, 0.1) is 5.41 Å². The Balaban J connectivity index is 1.61. The molecule has 1 aliphatic heterocycles. The highest BCUT2D eigenvalue weighted by Gasteiger charge is 2.43. The van der Waals surface area contributed by atoms with Crippen molar-refractivity contribution >= 4 is 11.6 Å². The van der Waals surface area contributed by atoms with Crippen LogP contribution >= 0.6 is 0 Å². The van der Waals surface area contributed by atoms with Gasteiger partial charge in [-0.05, 0) is 25.0 Å². The molecule has 2 fully saturated rings. The lowest BCUT2D eigenvalue weighted by molar-refractivity contribution is -0.128. The second-order valence-electron chi connectivity index (χ2n) is 6.51. The van der Waals surface area contributed by atoms with Gasteiger partial charge in [-0.25, -0.2) is 4.98 Å². The molecule has 0 spiro atoms. The number of hydrogen-bond donors (Lipinski definition) is 0. The molecule has 1 unspecified atom stereocenters. The van der Waals surface area contributed by atoms with Gasteiger partial charge < -0.3 is 4.90 Å². The molecular formula is C16H23N3O. The van der Waals surface area contributed by atoms with Gasteiger partial charge in [0.2, 0.25) is 0 Å². The Hall–Kier alpha value is -1.42. The van der Waals surface area contributed by atoms with Crippen molar-refractivity contribution in [2.75, 3.05) is 31.1 Å². The number of carbonyl (C=O) groups excluding carboxylic acids is 1. The van der Waals surface area contributed by atoms with Gasteiger partial charge in [0.1, 0.15) is 5.82 Å². The van der Waals surface area contributed by atoms with Gasteiger partial charge >= 0.3 is 0 Å². The highest BCUT2D eigenvalue weighted by molar-refractivity contribution is 5.91. The van der Waals surface area contributed by atoms with Crippen LogP contribution in [0.1, 0.15) is 26.7 Å². The molecule has 20 heavy (non-hydrogen) atoms. The first kappa shape index (κ1) is 13.6. The Morgan fingerprint density at radius 3 is 2.50 bits per heavy atom. The van der Waals surface area contributed by atoms with E-state index in [1.165, 1.54) is 0 Å².